The van der Waals surface area contributed by atoms with Gasteiger partial charge in [-0.3, -0.25) is 15.0 Å². The average molecular weight is 307 g/mol. The van der Waals surface area contributed by atoms with Crippen molar-refractivity contribution in [3.8, 4) is 0 Å². The third-order valence-electron chi connectivity index (χ3n) is 5.49. The van der Waals surface area contributed by atoms with Crippen LogP contribution in [-0.2, 0) is 9.59 Å². The topological polar surface area (TPSA) is 78.5 Å². The Hall–Kier alpha value is -1.59. The molecule has 1 aliphatic heterocycles. The molecule has 1 spiro atoms. The number of urea groups is 1. The van der Waals surface area contributed by atoms with E-state index in [1.54, 1.807) is 0 Å². The number of carbonyl (C=O) groups is 3. The van der Waals surface area contributed by atoms with E-state index in [1.807, 2.05) is 0 Å². The molecule has 6 nitrogen and oxygen atoms in total. The Bertz CT molecular complexity index is 477. The molecule has 1 heterocycles. The van der Waals surface area contributed by atoms with Crippen LogP contribution in [0.1, 0.15) is 64.7 Å². The van der Waals surface area contributed by atoms with Crippen molar-refractivity contribution in [2.45, 2.75) is 70.3 Å². The zero-order valence-corrected chi connectivity index (χ0v) is 13.2. The number of nitrogens with zero attached hydrogens (tertiary/aromatic N) is 1. The van der Waals surface area contributed by atoms with Crippen LogP contribution < -0.4 is 10.7 Å². The van der Waals surface area contributed by atoms with Crippen molar-refractivity contribution in [3.05, 3.63) is 0 Å². The highest BCUT2D eigenvalue weighted by molar-refractivity contribution is 6.08. The molecule has 2 N–H and O–H groups in total. The Morgan fingerprint density at radius 3 is 2.41 bits per heavy atom. The smallest absolute Gasteiger partial charge is 0.322 e. The fourth-order valence-corrected chi connectivity index (χ4v) is 3.88. The summed E-state index contributed by atoms with van der Waals surface area (Å²) >= 11 is 0. The van der Waals surface area contributed by atoms with Crippen molar-refractivity contribution in [2.24, 2.45) is 11.8 Å². The predicted molar refractivity (Wildman–Crippen MR) is 80.5 cm³/mol. The monoisotopic (exact) mass is 307 g/mol. The zero-order valence-electron chi connectivity index (χ0n) is 13.2. The van der Waals surface area contributed by atoms with Crippen LogP contribution >= 0.6 is 0 Å². The maximum atomic E-state index is 12.6. The Labute approximate surface area is 131 Å². The summed E-state index contributed by atoms with van der Waals surface area (Å²) in [6, 6.07) is -0.483. The van der Waals surface area contributed by atoms with Gasteiger partial charge >= 0.3 is 6.03 Å². The van der Waals surface area contributed by atoms with Crippen molar-refractivity contribution in [3.63, 3.8) is 0 Å². The number of carbonyl (C=O) groups excluding carboxylic acids is 3. The van der Waals surface area contributed by atoms with Crippen molar-refractivity contribution in [1.29, 1.82) is 0 Å². The highest BCUT2D eigenvalue weighted by Gasteiger charge is 2.53. The van der Waals surface area contributed by atoms with Gasteiger partial charge in [-0.2, -0.15) is 5.01 Å². The summed E-state index contributed by atoms with van der Waals surface area (Å²) < 4.78 is 0. The molecule has 0 unspecified atom stereocenters. The van der Waals surface area contributed by atoms with E-state index in [2.05, 4.69) is 17.7 Å². The predicted octanol–water partition coefficient (Wildman–Crippen LogP) is 2.10. The molecule has 0 aromatic rings. The Morgan fingerprint density at radius 1 is 1.14 bits per heavy atom. The largest absolute Gasteiger partial charge is 0.344 e. The van der Waals surface area contributed by atoms with E-state index in [1.165, 1.54) is 0 Å². The van der Waals surface area contributed by atoms with E-state index in [0.29, 0.717) is 18.8 Å². The first-order chi connectivity index (χ1) is 10.5. The van der Waals surface area contributed by atoms with Gasteiger partial charge in [0.05, 0.1) is 0 Å². The Balaban J connectivity index is 1.65. The number of hydrazine groups is 1. The molecule has 22 heavy (non-hydrogen) atoms. The number of hydrogen-bond donors (Lipinski definition) is 2. The van der Waals surface area contributed by atoms with Crippen molar-refractivity contribution >= 4 is 17.8 Å². The minimum atomic E-state index is -0.788. The number of nitrogens with one attached hydrogen (secondary N) is 2. The molecule has 2 aliphatic carbocycles. The standard InChI is InChI=1S/C16H25N3O3/c1-11-7-9-16(10-8-11)14(21)19(15(22)17-16)18-13(20)12-5-3-2-4-6-12/h11-12H,2-10H2,1H3,(H,17,22)(H,18,20). The van der Waals surface area contributed by atoms with E-state index in [0.717, 1.165) is 50.0 Å². The van der Waals surface area contributed by atoms with Crippen molar-refractivity contribution in [1.82, 2.24) is 15.8 Å². The molecule has 2 saturated carbocycles. The second-order valence-corrected chi connectivity index (χ2v) is 7.15. The van der Waals surface area contributed by atoms with Gasteiger partial charge in [-0.05, 0) is 44.4 Å². The molecular weight excluding hydrogens is 282 g/mol. The lowest BCUT2D eigenvalue weighted by Gasteiger charge is -2.33. The molecule has 3 rings (SSSR count). The second kappa shape index (κ2) is 5.89. The fourth-order valence-electron chi connectivity index (χ4n) is 3.88. The molecule has 4 amide bonds. The first kappa shape index (κ1) is 15.3. The number of amides is 4. The quantitative estimate of drug-likeness (QED) is 0.767. The SMILES string of the molecule is CC1CCC2(CC1)NC(=O)N(NC(=O)C1CCCCC1)C2=O. The van der Waals surface area contributed by atoms with E-state index >= 15 is 0 Å². The molecule has 3 aliphatic rings. The van der Waals surface area contributed by atoms with E-state index in [4.69, 9.17) is 0 Å². The molecule has 0 atom stereocenters. The lowest BCUT2D eigenvalue weighted by molar-refractivity contribution is -0.141. The minimum absolute atomic E-state index is 0.0720. The van der Waals surface area contributed by atoms with Crippen LogP contribution in [0.3, 0.4) is 0 Å². The lowest BCUT2D eigenvalue weighted by atomic mass is 9.77. The van der Waals surface area contributed by atoms with E-state index in [9.17, 15) is 14.4 Å². The minimum Gasteiger partial charge on any atom is -0.322 e. The van der Waals surface area contributed by atoms with Gasteiger partial charge in [0.2, 0.25) is 5.91 Å². The molecule has 122 valence electrons. The van der Waals surface area contributed by atoms with Crippen LogP contribution in [0.2, 0.25) is 0 Å². The molecule has 3 fully saturated rings. The first-order valence-electron chi connectivity index (χ1n) is 8.49. The van der Waals surface area contributed by atoms with Crippen LogP contribution in [0.5, 0.6) is 0 Å². The highest BCUT2D eigenvalue weighted by atomic mass is 16.2. The van der Waals surface area contributed by atoms with Gasteiger partial charge in [0, 0.05) is 5.92 Å². The van der Waals surface area contributed by atoms with Gasteiger partial charge in [0.15, 0.2) is 0 Å². The average Bonchev–Trinajstić information content (AvgIpc) is 2.76. The Morgan fingerprint density at radius 2 is 1.77 bits per heavy atom. The van der Waals surface area contributed by atoms with Gasteiger partial charge in [0.1, 0.15) is 5.54 Å². The molecule has 0 bridgehead atoms. The maximum absolute atomic E-state index is 12.6. The first-order valence-corrected chi connectivity index (χ1v) is 8.49. The highest BCUT2D eigenvalue weighted by Crippen LogP contribution is 2.36. The summed E-state index contributed by atoms with van der Waals surface area (Å²) in [5, 5.41) is 3.74. The molecule has 0 aromatic carbocycles. The van der Waals surface area contributed by atoms with Gasteiger partial charge in [-0.15, -0.1) is 0 Å². The van der Waals surface area contributed by atoms with Crippen LogP contribution in [0.15, 0.2) is 0 Å². The molecule has 0 radical (unpaired) electrons. The van der Waals surface area contributed by atoms with Crippen molar-refractivity contribution in [2.75, 3.05) is 0 Å². The molecule has 6 heteroatoms. The summed E-state index contributed by atoms with van der Waals surface area (Å²) in [6.45, 7) is 2.16. The molecular formula is C16H25N3O3. The maximum Gasteiger partial charge on any atom is 0.344 e. The van der Waals surface area contributed by atoms with Crippen molar-refractivity contribution < 1.29 is 14.4 Å². The second-order valence-electron chi connectivity index (χ2n) is 7.15. The van der Waals surface area contributed by atoms with Crippen LogP contribution in [0, 0.1) is 11.8 Å². The summed E-state index contributed by atoms with van der Waals surface area (Å²) in [7, 11) is 0. The van der Waals surface area contributed by atoms with Gasteiger partial charge in [-0.25, -0.2) is 4.79 Å². The Kier molecular flexibility index (Phi) is 4.10. The van der Waals surface area contributed by atoms with E-state index in [-0.39, 0.29) is 17.7 Å². The number of imide groups is 1. The van der Waals surface area contributed by atoms with Gasteiger partial charge in [-0.1, -0.05) is 26.2 Å². The normalized spacial score (nSPS) is 33.1. The summed E-state index contributed by atoms with van der Waals surface area (Å²) in [4.78, 5) is 37.1. The summed E-state index contributed by atoms with van der Waals surface area (Å²) in [5.74, 6) is 0.0384. The third-order valence-corrected chi connectivity index (χ3v) is 5.49. The van der Waals surface area contributed by atoms with Crippen LogP contribution in [0.4, 0.5) is 4.79 Å². The fraction of sp³-hybridized carbons (Fsp3) is 0.812. The number of rotatable bonds is 2. The van der Waals surface area contributed by atoms with Gasteiger partial charge in [0.25, 0.3) is 5.91 Å². The third kappa shape index (κ3) is 2.71. The van der Waals surface area contributed by atoms with Gasteiger partial charge < -0.3 is 5.32 Å². The van der Waals surface area contributed by atoms with E-state index < -0.39 is 11.6 Å². The number of hydrogen-bond acceptors (Lipinski definition) is 3. The molecule has 1 saturated heterocycles. The summed E-state index contributed by atoms with van der Waals surface area (Å²) in [6.07, 6.45) is 8.11. The summed E-state index contributed by atoms with van der Waals surface area (Å²) in [5.41, 5.74) is 1.78. The van der Waals surface area contributed by atoms with Crippen LogP contribution in [-0.4, -0.2) is 28.4 Å². The van der Waals surface area contributed by atoms with Crippen LogP contribution in [0.25, 0.3) is 0 Å². The molecule has 0 aromatic heterocycles. The zero-order chi connectivity index (χ0) is 15.7. The lowest BCUT2D eigenvalue weighted by Crippen LogP contribution is -2.52.